The first-order valence-electron chi connectivity index (χ1n) is 10.0. The van der Waals surface area contributed by atoms with Crippen LogP contribution in [0.1, 0.15) is 50.5 Å². The molecule has 2 N–H and O–H groups in total. The summed E-state index contributed by atoms with van der Waals surface area (Å²) in [5.74, 6) is 1.04. The van der Waals surface area contributed by atoms with Gasteiger partial charge in [0.1, 0.15) is 0 Å². The maximum atomic E-state index is 6.39. The van der Waals surface area contributed by atoms with Gasteiger partial charge in [0.25, 0.3) is 5.89 Å². The van der Waals surface area contributed by atoms with E-state index in [2.05, 4.69) is 60.3 Å². The molecular formula is C22H24N6O. The highest BCUT2D eigenvalue weighted by Crippen LogP contribution is 2.39. The Hall–Kier alpha value is -3.06. The van der Waals surface area contributed by atoms with Crippen molar-refractivity contribution < 1.29 is 4.52 Å². The molecule has 1 fully saturated rings. The van der Waals surface area contributed by atoms with Gasteiger partial charge in [-0.25, -0.2) is 9.67 Å². The third-order valence-corrected chi connectivity index (χ3v) is 5.75. The standard InChI is InChI=1S/C22H24N6O/c1-13(2)28-19-17(12-24-28)16(11-18(25-19)15-7-5-14(3)6-8-15)20-26-21(27-29-20)22(23)9-4-10-22/h5-8,11-13H,4,9-10,23H2,1-3H3. The number of hydrogen-bond donors (Lipinski definition) is 1. The normalized spacial score (nSPS) is 15.8. The molecule has 0 radical (unpaired) electrons. The van der Waals surface area contributed by atoms with Crippen molar-refractivity contribution in [2.45, 2.75) is 51.6 Å². The molecule has 7 nitrogen and oxygen atoms in total. The van der Waals surface area contributed by atoms with Crippen molar-refractivity contribution in [3.05, 3.63) is 47.9 Å². The number of pyridine rings is 1. The van der Waals surface area contributed by atoms with Crippen molar-refractivity contribution in [3.63, 3.8) is 0 Å². The predicted octanol–water partition coefficient (Wildman–Crippen LogP) is 4.38. The van der Waals surface area contributed by atoms with Crippen LogP contribution in [0.25, 0.3) is 33.7 Å². The number of aryl methyl sites for hydroxylation is 1. The van der Waals surface area contributed by atoms with Crippen molar-refractivity contribution in [2.75, 3.05) is 0 Å². The summed E-state index contributed by atoms with van der Waals surface area (Å²) < 4.78 is 7.58. The number of benzene rings is 1. The second kappa shape index (κ2) is 6.49. The summed E-state index contributed by atoms with van der Waals surface area (Å²) in [6.07, 6.45) is 4.69. The number of aromatic nitrogens is 5. The third-order valence-electron chi connectivity index (χ3n) is 5.75. The average Bonchev–Trinajstić information content (AvgIpc) is 3.33. The van der Waals surface area contributed by atoms with Gasteiger partial charge in [0.2, 0.25) is 0 Å². The van der Waals surface area contributed by atoms with Gasteiger partial charge in [-0.3, -0.25) is 0 Å². The highest BCUT2D eigenvalue weighted by molar-refractivity contribution is 5.92. The van der Waals surface area contributed by atoms with Crippen molar-refractivity contribution in [1.82, 2.24) is 24.9 Å². The Labute approximate surface area is 168 Å². The molecule has 0 aliphatic heterocycles. The lowest BCUT2D eigenvalue weighted by Gasteiger charge is -2.34. The quantitative estimate of drug-likeness (QED) is 0.557. The number of hydrogen-bond acceptors (Lipinski definition) is 6. The molecule has 1 saturated carbocycles. The van der Waals surface area contributed by atoms with Crippen LogP contribution < -0.4 is 5.73 Å². The van der Waals surface area contributed by atoms with Crippen LogP contribution in [0, 0.1) is 6.92 Å². The summed E-state index contributed by atoms with van der Waals surface area (Å²) in [7, 11) is 0. The van der Waals surface area contributed by atoms with Crippen molar-refractivity contribution in [3.8, 4) is 22.7 Å². The molecule has 1 aromatic carbocycles. The third kappa shape index (κ3) is 2.93. The zero-order valence-corrected chi connectivity index (χ0v) is 16.9. The average molecular weight is 388 g/mol. The summed E-state index contributed by atoms with van der Waals surface area (Å²) in [4.78, 5) is 9.57. The summed E-state index contributed by atoms with van der Waals surface area (Å²) in [6.45, 7) is 6.25. The Bertz CT molecular complexity index is 1180. The van der Waals surface area contributed by atoms with E-state index in [1.807, 2.05) is 16.9 Å². The van der Waals surface area contributed by atoms with Crippen LogP contribution >= 0.6 is 0 Å². The van der Waals surface area contributed by atoms with Crippen LogP contribution in [0.15, 0.2) is 41.1 Å². The molecule has 4 aromatic rings. The Morgan fingerprint density at radius 3 is 2.55 bits per heavy atom. The number of fused-ring (bicyclic) bond motifs is 1. The molecule has 3 heterocycles. The Kier molecular flexibility index (Phi) is 4.03. The maximum absolute atomic E-state index is 6.39. The maximum Gasteiger partial charge on any atom is 0.258 e. The lowest BCUT2D eigenvalue weighted by atomic mass is 9.77. The largest absolute Gasteiger partial charge is 0.334 e. The van der Waals surface area contributed by atoms with E-state index < -0.39 is 5.54 Å². The molecule has 148 valence electrons. The van der Waals surface area contributed by atoms with Crippen LogP contribution in [0.5, 0.6) is 0 Å². The SMILES string of the molecule is Cc1ccc(-c2cc(-c3nc(C4(N)CCC4)no3)c3cnn(C(C)C)c3n2)cc1. The monoisotopic (exact) mass is 388 g/mol. The van der Waals surface area contributed by atoms with E-state index in [4.69, 9.17) is 15.2 Å². The molecule has 0 amide bonds. The van der Waals surface area contributed by atoms with E-state index in [1.165, 1.54) is 5.56 Å². The Morgan fingerprint density at radius 1 is 1.14 bits per heavy atom. The molecule has 29 heavy (non-hydrogen) atoms. The topological polar surface area (TPSA) is 95.6 Å². The minimum absolute atomic E-state index is 0.182. The van der Waals surface area contributed by atoms with Gasteiger partial charge in [-0.1, -0.05) is 35.0 Å². The fourth-order valence-electron chi connectivity index (χ4n) is 3.76. The molecule has 5 rings (SSSR count). The lowest BCUT2D eigenvalue weighted by molar-refractivity contribution is 0.229. The van der Waals surface area contributed by atoms with Gasteiger partial charge in [0.15, 0.2) is 11.5 Å². The number of nitrogens with two attached hydrogens (primary N) is 1. The van der Waals surface area contributed by atoms with E-state index in [0.29, 0.717) is 11.7 Å². The van der Waals surface area contributed by atoms with Crippen LogP contribution in [-0.4, -0.2) is 24.9 Å². The smallest absolute Gasteiger partial charge is 0.258 e. The van der Waals surface area contributed by atoms with E-state index in [-0.39, 0.29) is 6.04 Å². The van der Waals surface area contributed by atoms with Gasteiger partial charge in [0.05, 0.1) is 28.4 Å². The molecule has 0 bridgehead atoms. The Morgan fingerprint density at radius 2 is 1.90 bits per heavy atom. The molecular weight excluding hydrogens is 364 g/mol. The van der Waals surface area contributed by atoms with Gasteiger partial charge in [-0.2, -0.15) is 10.1 Å². The van der Waals surface area contributed by atoms with Gasteiger partial charge in [-0.05, 0) is 46.1 Å². The van der Waals surface area contributed by atoms with Crippen molar-refractivity contribution in [2.24, 2.45) is 5.73 Å². The number of rotatable bonds is 4. The van der Waals surface area contributed by atoms with Crippen LogP contribution in [0.4, 0.5) is 0 Å². The highest BCUT2D eigenvalue weighted by Gasteiger charge is 2.39. The Balaban J connectivity index is 1.70. The summed E-state index contributed by atoms with van der Waals surface area (Å²) in [5.41, 5.74) is 10.7. The van der Waals surface area contributed by atoms with E-state index in [1.54, 1.807) is 0 Å². The highest BCUT2D eigenvalue weighted by atomic mass is 16.5. The molecule has 1 aliphatic carbocycles. The molecule has 0 spiro atoms. The van der Waals surface area contributed by atoms with Crippen molar-refractivity contribution >= 4 is 11.0 Å². The second-order valence-electron chi connectivity index (χ2n) is 8.27. The van der Waals surface area contributed by atoms with Gasteiger partial charge in [0, 0.05) is 11.6 Å². The van der Waals surface area contributed by atoms with E-state index in [9.17, 15) is 0 Å². The van der Waals surface area contributed by atoms with Crippen LogP contribution in [0.3, 0.4) is 0 Å². The zero-order chi connectivity index (χ0) is 20.2. The fourth-order valence-corrected chi connectivity index (χ4v) is 3.76. The number of nitrogens with zero attached hydrogens (tertiary/aromatic N) is 5. The van der Waals surface area contributed by atoms with Crippen LogP contribution in [-0.2, 0) is 5.54 Å². The molecule has 7 heteroatoms. The molecule has 0 atom stereocenters. The first kappa shape index (κ1) is 18.0. The lowest BCUT2D eigenvalue weighted by Crippen LogP contribution is -2.44. The van der Waals surface area contributed by atoms with Gasteiger partial charge < -0.3 is 10.3 Å². The van der Waals surface area contributed by atoms with E-state index >= 15 is 0 Å². The molecule has 0 saturated heterocycles. The summed E-state index contributed by atoms with van der Waals surface area (Å²) >= 11 is 0. The summed E-state index contributed by atoms with van der Waals surface area (Å²) in [5, 5.41) is 9.64. The van der Waals surface area contributed by atoms with Crippen LogP contribution in [0.2, 0.25) is 0 Å². The first-order valence-corrected chi connectivity index (χ1v) is 10.0. The predicted molar refractivity (Wildman–Crippen MR) is 111 cm³/mol. The summed E-state index contributed by atoms with van der Waals surface area (Å²) in [6, 6.07) is 10.5. The van der Waals surface area contributed by atoms with Crippen molar-refractivity contribution in [1.29, 1.82) is 0 Å². The minimum atomic E-state index is -0.463. The van der Waals surface area contributed by atoms with Gasteiger partial charge >= 0.3 is 0 Å². The zero-order valence-electron chi connectivity index (χ0n) is 16.9. The first-order chi connectivity index (χ1) is 13.9. The minimum Gasteiger partial charge on any atom is -0.334 e. The molecule has 1 aliphatic rings. The van der Waals surface area contributed by atoms with Gasteiger partial charge in [-0.15, -0.1) is 0 Å². The molecule has 3 aromatic heterocycles. The second-order valence-corrected chi connectivity index (χ2v) is 8.27. The fraction of sp³-hybridized carbons (Fsp3) is 0.364. The molecule has 0 unspecified atom stereocenters. The van der Waals surface area contributed by atoms with E-state index in [0.717, 1.165) is 47.1 Å².